The van der Waals surface area contributed by atoms with Crippen molar-refractivity contribution in [2.45, 2.75) is 66.0 Å². The van der Waals surface area contributed by atoms with Crippen LogP contribution in [0.3, 0.4) is 0 Å². The van der Waals surface area contributed by atoms with E-state index in [9.17, 15) is 0 Å². The highest BCUT2D eigenvalue weighted by Crippen LogP contribution is 2.15. The van der Waals surface area contributed by atoms with Gasteiger partial charge in [-0.3, -0.25) is 0 Å². The van der Waals surface area contributed by atoms with E-state index < -0.39 is 0 Å². The van der Waals surface area contributed by atoms with Gasteiger partial charge in [-0.25, -0.2) is 0 Å². The highest BCUT2D eigenvalue weighted by atomic mass is 16.5. The van der Waals surface area contributed by atoms with Gasteiger partial charge in [-0.2, -0.15) is 0 Å². The van der Waals surface area contributed by atoms with Gasteiger partial charge in [0.1, 0.15) is 5.75 Å². The maximum absolute atomic E-state index is 5.74. The fraction of sp³-hybridized carbons (Fsp3) is 0.667. The van der Waals surface area contributed by atoms with Gasteiger partial charge in [0.05, 0.1) is 6.61 Å². The second-order valence-electron chi connectivity index (χ2n) is 6.66. The first-order valence-corrected chi connectivity index (χ1v) is 7.89. The lowest BCUT2D eigenvalue weighted by Crippen LogP contribution is -2.38. The molecule has 0 aliphatic carbocycles. The molecule has 0 unspecified atom stereocenters. The van der Waals surface area contributed by atoms with Crippen molar-refractivity contribution in [3.8, 4) is 5.75 Å². The molecule has 0 bridgehead atoms. The predicted molar refractivity (Wildman–Crippen MR) is 87.2 cm³/mol. The fourth-order valence-electron chi connectivity index (χ4n) is 2.17. The summed E-state index contributed by atoms with van der Waals surface area (Å²) in [6.45, 7) is 12.9. The van der Waals surface area contributed by atoms with E-state index in [2.05, 4.69) is 64.2 Å². The first kappa shape index (κ1) is 17.0. The molecule has 0 aliphatic rings. The Morgan fingerprint density at radius 1 is 1.15 bits per heavy atom. The van der Waals surface area contributed by atoms with Crippen LogP contribution in [-0.4, -0.2) is 12.1 Å². The largest absolute Gasteiger partial charge is 0.494 e. The Bertz CT molecular complexity index is 368. The lowest BCUT2D eigenvalue weighted by atomic mass is 9.98. The average Bonchev–Trinajstić information content (AvgIpc) is 2.37. The topological polar surface area (TPSA) is 21.3 Å². The predicted octanol–water partition coefficient (Wildman–Crippen LogP) is 4.78. The van der Waals surface area contributed by atoms with Crippen LogP contribution in [0.5, 0.6) is 5.75 Å². The summed E-state index contributed by atoms with van der Waals surface area (Å²) in [4.78, 5) is 0. The van der Waals surface area contributed by atoms with Gasteiger partial charge in [0, 0.05) is 12.1 Å². The number of benzene rings is 1. The summed E-state index contributed by atoms with van der Waals surface area (Å²) in [5, 5.41) is 3.61. The van der Waals surface area contributed by atoms with Crippen molar-refractivity contribution in [2.75, 3.05) is 6.61 Å². The Kier molecular flexibility index (Phi) is 7.08. The zero-order chi connectivity index (χ0) is 15.0. The van der Waals surface area contributed by atoms with E-state index >= 15 is 0 Å². The smallest absolute Gasteiger partial charge is 0.119 e. The molecule has 0 atom stereocenters. The average molecular weight is 277 g/mol. The second-order valence-corrected chi connectivity index (χ2v) is 6.66. The maximum Gasteiger partial charge on any atom is 0.119 e. The van der Waals surface area contributed by atoms with Crippen LogP contribution in [0.15, 0.2) is 24.3 Å². The summed E-state index contributed by atoms with van der Waals surface area (Å²) >= 11 is 0. The van der Waals surface area contributed by atoms with Crippen molar-refractivity contribution in [1.82, 2.24) is 5.32 Å². The molecule has 0 heterocycles. The number of hydrogen-bond donors (Lipinski definition) is 1. The minimum atomic E-state index is 0.210. The van der Waals surface area contributed by atoms with E-state index in [0.717, 1.165) is 25.3 Å². The summed E-state index contributed by atoms with van der Waals surface area (Å²) in [5.41, 5.74) is 1.52. The SMILES string of the molecule is CCCC(C)(C)NCc1ccc(OCCC(C)C)cc1. The quantitative estimate of drug-likeness (QED) is 0.701. The molecular weight excluding hydrogens is 246 g/mol. The molecule has 0 amide bonds. The Hall–Kier alpha value is -1.02. The second kappa shape index (κ2) is 8.31. The van der Waals surface area contributed by atoms with Crippen molar-refractivity contribution < 1.29 is 4.74 Å². The maximum atomic E-state index is 5.74. The molecule has 2 heteroatoms. The number of nitrogens with one attached hydrogen (secondary N) is 1. The third kappa shape index (κ3) is 6.95. The van der Waals surface area contributed by atoms with E-state index in [1.807, 2.05) is 0 Å². The summed E-state index contributed by atoms with van der Waals surface area (Å²) in [6, 6.07) is 8.45. The lowest BCUT2D eigenvalue weighted by Gasteiger charge is -2.26. The van der Waals surface area contributed by atoms with Gasteiger partial charge in [-0.1, -0.05) is 39.3 Å². The Balaban J connectivity index is 2.38. The molecule has 0 fully saturated rings. The number of hydrogen-bond acceptors (Lipinski definition) is 2. The molecule has 1 aromatic rings. The van der Waals surface area contributed by atoms with Crippen LogP contribution in [0.1, 0.15) is 59.4 Å². The fourth-order valence-corrected chi connectivity index (χ4v) is 2.17. The molecule has 1 aromatic carbocycles. The molecule has 1 rings (SSSR count). The number of rotatable bonds is 9. The molecule has 20 heavy (non-hydrogen) atoms. The van der Waals surface area contributed by atoms with Crippen LogP contribution < -0.4 is 10.1 Å². The van der Waals surface area contributed by atoms with Crippen LogP contribution >= 0.6 is 0 Å². The van der Waals surface area contributed by atoms with E-state index in [1.54, 1.807) is 0 Å². The van der Waals surface area contributed by atoms with Gasteiger partial charge in [-0.15, -0.1) is 0 Å². The van der Waals surface area contributed by atoms with Crippen LogP contribution in [-0.2, 0) is 6.54 Å². The van der Waals surface area contributed by atoms with Crippen molar-refractivity contribution in [3.63, 3.8) is 0 Å². The van der Waals surface area contributed by atoms with Crippen molar-refractivity contribution in [3.05, 3.63) is 29.8 Å². The van der Waals surface area contributed by atoms with Crippen LogP contribution in [0.25, 0.3) is 0 Å². The van der Waals surface area contributed by atoms with Gasteiger partial charge in [0.25, 0.3) is 0 Å². The van der Waals surface area contributed by atoms with E-state index in [1.165, 1.54) is 18.4 Å². The highest BCUT2D eigenvalue weighted by Gasteiger charge is 2.14. The molecule has 2 nitrogen and oxygen atoms in total. The monoisotopic (exact) mass is 277 g/mol. The van der Waals surface area contributed by atoms with Gasteiger partial charge in [0.2, 0.25) is 0 Å². The molecular formula is C18H31NO. The van der Waals surface area contributed by atoms with E-state index in [0.29, 0.717) is 5.92 Å². The van der Waals surface area contributed by atoms with Gasteiger partial charge in [0.15, 0.2) is 0 Å². The van der Waals surface area contributed by atoms with Gasteiger partial charge < -0.3 is 10.1 Å². The lowest BCUT2D eigenvalue weighted by molar-refractivity contribution is 0.289. The normalized spacial score (nSPS) is 11.9. The highest BCUT2D eigenvalue weighted by molar-refractivity contribution is 5.27. The summed E-state index contributed by atoms with van der Waals surface area (Å²) in [7, 11) is 0. The molecule has 0 spiro atoms. The molecule has 114 valence electrons. The molecule has 0 saturated heterocycles. The zero-order valence-electron chi connectivity index (χ0n) is 13.8. The van der Waals surface area contributed by atoms with Crippen LogP contribution in [0.2, 0.25) is 0 Å². The summed E-state index contributed by atoms with van der Waals surface area (Å²) < 4.78 is 5.74. The van der Waals surface area contributed by atoms with Crippen molar-refractivity contribution in [1.29, 1.82) is 0 Å². The minimum Gasteiger partial charge on any atom is -0.494 e. The van der Waals surface area contributed by atoms with E-state index in [4.69, 9.17) is 4.74 Å². The van der Waals surface area contributed by atoms with Crippen molar-refractivity contribution >= 4 is 0 Å². The van der Waals surface area contributed by atoms with Crippen LogP contribution in [0, 0.1) is 5.92 Å². The van der Waals surface area contributed by atoms with E-state index in [-0.39, 0.29) is 5.54 Å². The summed E-state index contributed by atoms with van der Waals surface area (Å²) in [5.74, 6) is 1.67. The molecule has 1 N–H and O–H groups in total. The van der Waals surface area contributed by atoms with Gasteiger partial charge in [-0.05, 0) is 50.3 Å². The third-order valence-electron chi connectivity index (χ3n) is 3.53. The van der Waals surface area contributed by atoms with Gasteiger partial charge >= 0.3 is 0 Å². The zero-order valence-corrected chi connectivity index (χ0v) is 13.8. The molecule has 0 aliphatic heterocycles. The Morgan fingerprint density at radius 3 is 2.35 bits per heavy atom. The molecule has 0 aromatic heterocycles. The standard InChI is InChI=1S/C18H31NO/c1-6-12-18(4,5)19-14-16-7-9-17(10-8-16)20-13-11-15(2)3/h7-10,15,19H,6,11-14H2,1-5H3. The first-order chi connectivity index (χ1) is 9.43. The minimum absolute atomic E-state index is 0.210. The Labute approximate surface area is 124 Å². The van der Waals surface area contributed by atoms with Crippen molar-refractivity contribution in [2.24, 2.45) is 5.92 Å². The summed E-state index contributed by atoms with van der Waals surface area (Å²) in [6.07, 6.45) is 3.51. The first-order valence-electron chi connectivity index (χ1n) is 7.89. The Morgan fingerprint density at radius 2 is 1.80 bits per heavy atom. The number of ether oxygens (including phenoxy) is 1. The third-order valence-corrected chi connectivity index (χ3v) is 3.53. The van der Waals surface area contributed by atoms with Crippen LogP contribution in [0.4, 0.5) is 0 Å². The molecule has 0 radical (unpaired) electrons. The molecule has 0 saturated carbocycles.